The van der Waals surface area contributed by atoms with Crippen molar-refractivity contribution in [2.75, 3.05) is 13.1 Å². The van der Waals surface area contributed by atoms with Gasteiger partial charge in [-0.3, -0.25) is 10.2 Å². The topological polar surface area (TPSA) is 119 Å². The lowest BCUT2D eigenvalue weighted by atomic mass is 10.1. The first-order valence-corrected chi connectivity index (χ1v) is 6.25. The monoisotopic (exact) mass is 273 g/mol. The van der Waals surface area contributed by atoms with Crippen LogP contribution in [0.3, 0.4) is 0 Å². The van der Waals surface area contributed by atoms with Crippen molar-refractivity contribution in [3.8, 4) is 0 Å². The van der Waals surface area contributed by atoms with E-state index in [0.717, 1.165) is 32.4 Å². The van der Waals surface area contributed by atoms with Crippen molar-refractivity contribution in [2.24, 2.45) is 0 Å². The molecule has 0 aromatic heterocycles. The number of hydrogen-bond acceptors (Lipinski definition) is 4. The summed E-state index contributed by atoms with van der Waals surface area (Å²) >= 11 is 0. The molecular formula is C11H19N3O5. The van der Waals surface area contributed by atoms with Gasteiger partial charge < -0.3 is 15.5 Å². The number of carbonyl (C=O) groups excluding carboxylic acids is 1. The summed E-state index contributed by atoms with van der Waals surface area (Å²) in [6, 6.07) is -1.81. The second-order valence-electron chi connectivity index (χ2n) is 4.46. The molecule has 0 aromatic rings. The van der Waals surface area contributed by atoms with E-state index < -0.39 is 24.0 Å². The number of nitrogens with zero attached hydrogens (tertiary/aromatic N) is 1. The van der Waals surface area contributed by atoms with E-state index in [0.29, 0.717) is 0 Å². The number of carboxylic acid groups (broad SMARTS) is 2. The quantitative estimate of drug-likeness (QED) is 0.541. The predicted molar refractivity (Wildman–Crippen MR) is 65.4 cm³/mol. The molecule has 19 heavy (non-hydrogen) atoms. The van der Waals surface area contributed by atoms with Crippen molar-refractivity contribution >= 4 is 18.0 Å². The number of carbonyl (C=O) groups is 3. The maximum atomic E-state index is 11.6. The van der Waals surface area contributed by atoms with Crippen LogP contribution in [0.25, 0.3) is 0 Å². The Morgan fingerprint density at radius 2 is 1.74 bits per heavy atom. The molecule has 1 atom stereocenters. The molecule has 8 nitrogen and oxygen atoms in total. The largest absolute Gasteiger partial charge is 0.481 e. The third-order valence-corrected chi connectivity index (χ3v) is 2.87. The SMILES string of the molecule is O=C(O)CCC(NC(=O)NN1CCCCC1)C(=O)O. The first-order chi connectivity index (χ1) is 8.99. The highest BCUT2D eigenvalue weighted by Gasteiger charge is 2.22. The predicted octanol–water partition coefficient (Wildman–Crippen LogP) is 0.00450. The summed E-state index contributed by atoms with van der Waals surface area (Å²) in [6.45, 7) is 1.47. The number of hydrogen-bond donors (Lipinski definition) is 4. The lowest BCUT2D eigenvalue weighted by molar-refractivity contribution is -0.140. The second kappa shape index (κ2) is 7.57. The Balaban J connectivity index is 2.37. The molecule has 1 heterocycles. The number of hydrazine groups is 1. The highest BCUT2D eigenvalue weighted by molar-refractivity contribution is 5.82. The molecule has 0 spiro atoms. The highest BCUT2D eigenvalue weighted by atomic mass is 16.4. The number of nitrogens with one attached hydrogen (secondary N) is 2. The maximum Gasteiger partial charge on any atom is 0.330 e. The average molecular weight is 273 g/mol. The van der Waals surface area contributed by atoms with Gasteiger partial charge in [-0.1, -0.05) is 6.42 Å². The summed E-state index contributed by atoms with van der Waals surface area (Å²) in [6.07, 6.45) is 2.65. The Bertz CT molecular complexity index is 341. The van der Waals surface area contributed by atoms with Gasteiger partial charge in [0.2, 0.25) is 0 Å². The first kappa shape index (κ1) is 15.2. The fraction of sp³-hybridized carbons (Fsp3) is 0.727. The maximum absolute atomic E-state index is 11.6. The summed E-state index contributed by atoms with van der Waals surface area (Å²) < 4.78 is 0. The summed E-state index contributed by atoms with van der Waals surface area (Å²) in [5.41, 5.74) is 2.56. The van der Waals surface area contributed by atoms with Crippen LogP contribution in [0.15, 0.2) is 0 Å². The Hall–Kier alpha value is -1.83. The molecule has 0 bridgehead atoms. The van der Waals surface area contributed by atoms with Crippen LogP contribution < -0.4 is 10.7 Å². The summed E-state index contributed by atoms with van der Waals surface area (Å²) in [4.78, 5) is 32.9. The van der Waals surface area contributed by atoms with E-state index >= 15 is 0 Å². The first-order valence-electron chi connectivity index (χ1n) is 6.25. The van der Waals surface area contributed by atoms with Crippen molar-refractivity contribution < 1.29 is 24.6 Å². The highest BCUT2D eigenvalue weighted by Crippen LogP contribution is 2.05. The molecule has 0 aliphatic carbocycles. The van der Waals surface area contributed by atoms with E-state index in [2.05, 4.69) is 10.7 Å². The fourth-order valence-electron chi connectivity index (χ4n) is 1.87. The zero-order chi connectivity index (χ0) is 14.3. The Morgan fingerprint density at radius 1 is 1.11 bits per heavy atom. The molecule has 8 heteroatoms. The molecule has 2 amide bonds. The molecule has 0 radical (unpaired) electrons. The summed E-state index contributed by atoms with van der Waals surface area (Å²) in [5, 5.41) is 21.4. The van der Waals surface area contributed by atoms with E-state index in [1.54, 1.807) is 5.01 Å². The third kappa shape index (κ3) is 6.05. The molecule has 4 N–H and O–H groups in total. The lowest BCUT2D eigenvalue weighted by Crippen LogP contribution is -2.53. The van der Waals surface area contributed by atoms with Crippen LogP contribution in [0.1, 0.15) is 32.1 Å². The van der Waals surface area contributed by atoms with Crippen molar-refractivity contribution in [2.45, 2.75) is 38.1 Å². The standard InChI is InChI=1S/C11H19N3O5/c15-9(16)5-4-8(10(17)18)12-11(19)13-14-6-2-1-3-7-14/h8H,1-7H2,(H,15,16)(H,17,18)(H2,12,13,19). The molecule has 1 unspecified atom stereocenters. The minimum Gasteiger partial charge on any atom is -0.481 e. The van der Waals surface area contributed by atoms with E-state index in [1.165, 1.54) is 0 Å². The average Bonchev–Trinajstić information content (AvgIpc) is 2.35. The van der Waals surface area contributed by atoms with Crippen LogP contribution in [0.2, 0.25) is 0 Å². The number of amides is 2. The van der Waals surface area contributed by atoms with Gasteiger partial charge in [0.05, 0.1) is 0 Å². The Morgan fingerprint density at radius 3 is 2.26 bits per heavy atom. The van der Waals surface area contributed by atoms with Crippen LogP contribution in [0.4, 0.5) is 4.79 Å². The fourth-order valence-corrected chi connectivity index (χ4v) is 1.87. The normalized spacial score (nSPS) is 17.5. The van der Waals surface area contributed by atoms with E-state index in [9.17, 15) is 14.4 Å². The van der Waals surface area contributed by atoms with Crippen molar-refractivity contribution in [3.63, 3.8) is 0 Å². The van der Waals surface area contributed by atoms with Gasteiger partial charge in [0, 0.05) is 19.5 Å². The summed E-state index contributed by atoms with van der Waals surface area (Å²) in [7, 11) is 0. The number of urea groups is 1. The zero-order valence-corrected chi connectivity index (χ0v) is 10.6. The van der Waals surface area contributed by atoms with Crippen LogP contribution in [0, 0.1) is 0 Å². The van der Waals surface area contributed by atoms with Crippen LogP contribution >= 0.6 is 0 Å². The van der Waals surface area contributed by atoms with Gasteiger partial charge in [-0.05, 0) is 19.3 Å². The number of piperidine rings is 1. The van der Waals surface area contributed by atoms with E-state index in [1.807, 2.05) is 0 Å². The minimum absolute atomic E-state index is 0.141. The van der Waals surface area contributed by atoms with Crippen LogP contribution in [0.5, 0.6) is 0 Å². The molecule has 0 aromatic carbocycles. The van der Waals surface area contributed by atoms with Gasteiger partial charge in [0.1, 0.15) is 6.04 Å². The molecule has 1 rings (SSSR count). The van der Waals surface area contributed by atoms with Gasteiger partial charge in [0.25, 0.3) is 0 Å². The molecule has 1 saturated heterocycles. The number of carboxylic acids is 2. The number of rotatable bonds is 6. The van der Waals surface area contributed by atoms with Crippen molar-refractivity contribution in [3.05, 3.63) is 0 Å². The minimum atomic E-state index is -1.24. The molecule has 1 aliphatic rings. The Kier molecular flexibility index (Phi) is 6.07. The van der Waals surface area contributed by atoms with Gasteiger partial charge in [-0.15, -0.1) is 0 Å². The third-order valence-electron chi connectivity index (χ3n) is 2.87. The molecule has 1 aliphatic heterocycles. The van der Waals surface area contributed by atoms with E-state index in [-0.39, 0.29) is 12.8 Å². The zero-order valence-electron chi connectivity index (χ0n) is 10.6. The van der Waals surface area contributed by atoms with Crippen molar-refractivity contribution in [1.29, 1.82) is 0 Å². The molecule has 1 fully saturated rings. The smallest absolute Gasteiger partial charge is 0.330 e. The number of aliphatic carboxylic acids is 2. The van der Waals surface area contributed by atoms with Crippen LogP contribution in [-0.4, -0.2) is 52.3 Å². The van der Waals surface area contributed by atoms with Gasteiger partial charge in [0.15, 0.2) is 0 Å². The molecular weight excluding hydrogens is 254 g/mol. The Labute approximate surface area is 110 Å². The summed E-state index contributed by atoms with van der Waals surface area (Å²) in [5.74, 6) is -2.33. The molecule has 108 valence electrons. The van der Waals surface area contributed by atoms with E-state index in [4.69, 9.17) is 10.2 Å². The van der Waals surface area contributed by atoms with Gasteiger partial charge in [-0.25, -0.2) is 14.6 Å². The lowest BCUT2D eigenvalue weighted by Gasteiger charge is -2.27. The van der Waals surface area contributed by atoms with Crippen molar-refractivity contribution in [1.82, 2.24) is 15.8 Å². The van der Waals surface area contributed by atoms with Gasteiger partial charge >= 0.3 is 18.0 Å². The molecule has 0 saturated carbocycles. The van der Waals surface area contributed by atoms with Crippen LogP contribution in [-0.2, 0) is 9.59 Å². The second-order valence-corrected chi connectivity index (χ2v) is 4.46. The van der Waals surface area contributed by atoms with Gasteiger partial charge in [-0.2, -0.15) is 0 Å².